The van der Waals surface area contributed by atoms with Gasteiger partial charge in [-0.1, -0.05) is 0 Å². The number of aryl methyl sites for hydroxylation is 2. The molecule has 1 aromatic heterocycles. The van der Waals surface area contributed by atoms with Gasteiger partial charge in [-0.25, -0.2) is 4.98 Å². The Morgan fingerprint density at radius 3 is 3.00 bits per heavy atom. The molecule has 13 heavy (non-hydrogen) atoms. The predicted molar refractivity (Wildman–Crippen MR) is 50.8 cm³/mol. The highest BCUT2D eigenvalue weighted by molar-refractivity contribution is 7.09. The number of carbonyl (C=O) groups is 1. The van der Waals surface area contributed by atoms with Crippen molar-refractivity contribution in [3.63, 3.8) is 0 Å². The predicted octanol–water partition coefficient (Wildman–Crippen LogP) is 0.796. The van der Waals surface area contributed by atoms with Gasteiger partial charge in [0.2, 0.25) is 0 Å². The lowest BCUT2D eigenvalue weighted by molar-refractivity contribution is -0.138. The van der Waals surface area contributed by atoms with Crippen molar-refractivity contribution in [3.05, 3.63) is 16.1 Å². The van der Waals surface area contributed by atoms with Gasteiger partial charge in [0.1, 0.15) is 6.04 Å². The van der Waals surface area contributed by atoms with E-state index < -0.39 is 12.0 Å². The Balaban J connectivity index is 2.39. The highest BCUT2D eigenvalue weighted by Crippen LogP contribution is 2.10. The number of rotatable bonds is 4. The Kier molecular flexibility index (Phi) is 3.39. The summed E-state index contributed by atoms with van der Waals surface area (Å²) in [5, 5.41) is 11.5. The van der Waals surface area contributed by atoms with Crippen molar-refractivity contribution in [2.45, 2.75) is 25.8 Å². The highest BCUT2D eigenvalue weighted by atomic mass is 32.1. The minimum absolute atomic E-state index is 0.443. The van der Waals surface area contributed by atoms with Gasteiger partial charge in [-0.05, 0) is 19.8 Å². The highest BCUT2D eigenvalue weighted by Gasteiger charge is 2.11. The molecule has 4 nitrogen and oxygen atoms in total. The molecule has 1 rings (SSSR count). The van der Waals surface area contributed by atoms with Gasteiger partial charge in [0.25, 0.3) is 0 Å². The van der Waals surface area contributed by atoms with Crippen LogP contribution in [0, 0.1) is 6.92 Å². The van der Waals surface area contributed by atoms with Gasteiger partial charge in [-0.15, -0.1) is 11.3 Å². The molecule has 0 radical (unpaired) electrons. The molecule has 1 atom stereocenters. The zero-order chi connectivity index (χ0) is 9.84. The first-order chi connectivity index (χ1) is 6.09. The van der Waals surface area contributed by atoms with Gasteiger partial charge in [-0.3, -0.25) is 4.79 Å². The molecular weight excluding hydrogens is 188 g/mol. The molecule has 1 unspecified atom stereocenters. The Hall–Kier alpha value is -0.940. The van der Waals surface area contributed by atoms with E-state index in [1.165, 1.54) is 0 Å². The zero-order valence-electron chi connectivity index (χ0n) is 7.36. The van der Waals surface area contributed by atoms with Crippen LogP contribution < -0.4 is 5.73 Å². The third kappa shape index (κ3) is 3.12. The standard InChI is InChI=1S/C8H12N2O2S/c1-5-10-6(4-13-5)2-3-7(9)8(11)12/h4,7H,2-3,9H2,1H3,(H,11,12). The van der Waals surface area contributed by atoms with Gasteiger partial charge in [0, 0.05) is 5.38 Å². The molecule has 72 valence electrons. The minimum Gasteiger partial charge on any atom is -0.480 e. The molecule has 1 aromatic rings. The first-order valence-corrected chi connectivity index (χ1v) is 4.87. The lowest BCUT2D eigenvalue weighted by Crippen LogP contribution is -2.30. The van der Waals surface area contributed by atoms with Crippen LogP contribution in [-0.4, -0.2) is 22.1 Å². The van der Waals surface area contributed by atoms with Gasteiger partial charge in [0.15, 0.2) is 0 Å². The number of nitrogens with two attached hydrogens (primary N) is 1. The van der Waals surface area contributed by atoms with Crippen molar-refractivity contribution in [2.75, 3.05) is 0 Å². The average Bonchev–Trinajstić information content (AvgIpc) is 2.47. The van der Waals surface area contributed by atoms with E-state index in [1.54, 1.807) is 11.3 Å². The van der Waals surface area contributed by atoms with Crippen LogP contribution in [0.2, 0.25) is 0 Å². The maximum Gasteiger partial charge on any atom is 0.320 e. The van der Waals surface area contributed by atoms with E-state index in [0.29, 0.717) is 12.8 Å². The minimum atomic E-state index is -0.952. The summed E-state index contributed by atoms with van der Waals surface area (Å²) < 4.78 is 0. The lowest BCUT2D eigenvalue weighted by Gasteiger charge is -2.03. The molecular formula is C8H12N2O2S. The largest absolute Gasteiger partial charge is 0.480 e. The van der Waals surface area contributed by atoms with Crippen molar-refractivity contribution in [2.24, 2.45) is 5.73 Å². The Morgan fingerprint density at radius 1 is 1.85 bits per heavy atom. The lowest BCUT2D eigenvalue weighted by atomic mass is 10.1. The number of aromatic nitrogens is 1. The summed E-state index contributed by atoms with van der Waals surface area (Å²) in [6.45, 7) is 1.92. The second-order valence-corrected chi connectivity index (χ2v) is 3.90. The maximum atomic E-state index is 10.4. The normalized spacial score (nSPS) is 12.8. The maximum absolute atomic E-state index is 10.4. The third-order valence-electron chi connectivity index (χ3n) is 1.70. The van der Waals surface area contributed by atoms with Crippen LogP contribution in [0.25, 0.3) is 0 Å². The first kappa shape index (κ1) is 10.1. The number of thiazole rings is 1. The van der Waals surface area contributed by atoms with Gasteiger partial charge < -0.3 is 10.8 Å². The zero-order valence-corrected chi connectivity index (χ0v) is 8.17. The summed E-state index contributed by atoms with van der Waals surface area (Å²) in [5.41, 5.74) is 6.28. The van der Waals surface area contributed by atoms with E-state index in [4.69, 9.17) is 10.8 Å². The molecule has 0 saturated carbocycles. The fraction of sp³-hybridized carbons (Fsp3) is 0.500. The van der Waals surface area contributed by atoms with Crippen molar-refractivity contribution in [1.29, 1.82) is 0 Å². The quantitative estimate of drug-likeness (QED) is 0.753. The number of carboxylic acid groups (broad SMARTS) is 1. The number of aliphatic carboxylic acids is 1. The number of carboxylic acids is 1. The van der Waals surface area contributed by atoms with E-state index >= 15 is 0 Å². The number of hydrogen-bond donors (Lipinski definition) is 2. The van der Waals surface area contributed by atoms with Gasteiger partial charge in [0.05, 0.1) is 10.7 Å². The fourth-order valence-corrected chi connectivity index (χ4v) is 1.60. The first-order valence-electron chi connectivity index (χ1n) is 3.99. The molecule has 0 bridgehead atoms. The van der Waals surface area contributed by atoms with Crippen molar-refractivity contribution >= 4 is 17.3 Å². The second-order valence-electron chi connectivity index (χ2n) is 2.84. The average molecular weight is 200 g/mol. The van der Waals surface area contributed by atoms with E-state index in [2.05, 4.69) is 4.98 Å². The molecule has 0 spiro atoms. The Labute approximate surface area is 80.4 Å². The van der Waals surface area contributed by atoms with Crippen LogP contribution in [0.5, 0.6) is 0 Å². The summed E-state index contributed by atoms with van der Waals surface area (Å²) in [5.74, 6) is -0.952. The molecule has 0 aromatic carbocycles. The number of nitrogens with zero attached hydrogens (tertiary/aromatic N) is 1. The van der Waals surface area contributed by atoms with E-state index in [1.807, 2.05) is 12.3 Å². The van der Waals surface area contributed by atoms with E-state index in [0.717, 1.165) is 10.7 Å². The molecule has 3 N–H and O–H groups in total. The van der Waals surface area contributed by atoms with E-state index in [-0.39, 0.29) is 0 Å². The van der Waals surface area contributed by atoms with Crippen molar-refractivity contribution < 1.29 is 9.90 Å². The SMILES string of the molecule is Cc1nc(CCC(N)C(=O)O)cs1. The van der Waals surface area contributed by atoms with Crippen LogP contribution in [0.15, 0.2) is 5.38 Å². The van der Waals surface area contributed by atoms with Crippen LogP contribution in [0.3, 0.4) is 0 Å². The van der Waals surface area contributed by atoms with Crippen LogP contribution in [0.4, 0.5) is 0 Å². The van der Waals surface area contributed by atoms with Crippen LogP contribution >= 0.6 is 11.3 Å². The van der Waals surface area contributed by atoms with Crippen LogP contribution in [-0.2, 0) is 11.2 Å². The fourth-order valence-electron chi connectivity index (χ4n) is 0.950. The molecule has 0 aliphatic heterocycles. The molecule has 0 amide bonds. The molecule has 1 heterocycles. The second kappa shape index (κ2) is 4.34. The van der Waals surface area contributed by atoms with Crippen molar-refractivity contribution in [1.82, 2.24) is 4.98 Å². The molecule has 0 aliphatic carbocycles. The topological polar surface area (TPSA) is 76.2 Å². The molecule has 5 heteroatoms. The van der Waals surface area contributed by atoms with Gasteiger partial charge >= 0.3 is 5.97 Å². The third-order valence-corrected chi connectivity index (χ3v) is 2.52. The summed E-state index contributed by atoms with van der Waals surface area (Å²) >= 11 is 1.57. The summed E-state index contributed by atoms with van der Waals surface area (Å²) in [4.78, 5) is 14.6. The summed E-state index contributed by atoms with van der Waals surface area (Å²) in [6, 6.07) is -0.776. The molecule has 0 aliphatic rings. The molecule has 0 saturated heterocycles. The van der Waals surface area contributed by atoms with E-state index in [9.17, 15) is 4.79 Å². The summed E-state index contributed by atoms with van der Waals surface area (Å²) in [7, 11) is 0. The van der Waals surface area contributed by atoms with Gasteiger partial charge in [-0.2, -0.15) is 0 Å². The van der Waals surface area contributed by atoms with Crippen LogP contribution in [0.1, 0.15) is 17.1 Å². The Bertz CT molecular complexity index is 298. The smallest absolute Gasteiger partial charge is 0.320 e. The molecule has 0 fully saturated rings. The monoisotopic (exact) mass is 200 g/mol. The number of hydrogen-bond acceptors (Lipinski definition) is 4. The Morgan fingerprint density at radius 2 is 2.54 bits per heavy atom. The summed E-state index contributed by atoms with van der Waals surface area (Å²) in [6.07, 6.45) is 1.08. The van der Waals surface area contributed by atoms with Crippen molar-refractivity contribution in [3.8, 4) is 0 Å².